The molecule has 0 radical (unpaired) electrons. The zero-order valence-electron chi connectivity index (χ0n) is 13.3. The summed E-state index contributed by atoms with van der Waals surface area (Å²) in [4.78, 5) is 8.99. The molecule has 3 aliphatic carbocycles. The lowest BCUT2D eigenvalue weighted by Crippen LogP contribution is -2.17. The number of nitrogens with one attached hydrogen (secondary N) is 2. The van der Waals surface area contributed by atoms with E-state index in [1.807, 2.05) is 0 Å². The molecule has 4 atom stereocenters. The molecule has 4 nitrogen and oxygen atoms in total. The molecule has 1 aromatic rings. The van der Waals surface area contributed by atoms with E-state index >= 15 is 0 Å². The van der Waals surface area contributed by atoms with Crippen molar-refractivity contribution in [1.29, 1.82) is 0 Å². The summed E-state index contributed by atoms with van der Waals surface area (Å²) >= 11 is 0. The molecule has 4 heteroatoms. The van der Waals surface area contributed by atoms with Gasteiger partial charge in [-0.15, -0.1) is 0 Å². The number of anilines is 2. The van der Waals surface area contributed by atoms with Crippen LogP contribution < -0.4 is 10.6 Å². The van der Waals surface area contributed by atoms with E-state index in [1.165, 1.54) is 24.8 Å². The molecule has 4 unspecified atom stereocenters. The first-order valence-corrected chi connectivity index (χ1v) is 8.56. The Hall–Kier alpha value is -1.32. The van der Waals surface area contributed by atoms with Crippen molar-refractivity contribution in [2.75, 3.05) is 17.2 Å². The van der Waals surface area contributed by atoms with E-state index in [-0.39, 0.29) is 0 Å². The second-order valence-corrected chi connectivity index (χ2v) is 7.33. The SMILES string of the molecule is CCNc1ncnc(NC2C3C4CCC(C4)C23)c1C(C)C. The quantitative estimate of drug-likeness (QED) is 0.870. The topological polar surface area (TPSA) is 49.8 Å². The molecule has 3 aliphatic rings. The first-order valence-electron chi connectivity index (χ1n) is 8.56. The fourth-order valence-electron chi connectivity index (χ4n) is 5.04. The molecule has 1 heterocycles. The van der Waals surface area contributed by atoms with Crippen LogP contribution in [0.15, 0.2) is 6.33 Å². The number of nitrogens with zero attached hydrogens (tertiary/aromatic N) is 2. The van der Waals surface area contributed by atoms with Gasteiger partial charge in [0, 0.05) is 18.2 Å². The van der Waals surface area contributed by atoms with Gasteiger partial charge in [-0.3, -0.25) is 0 Å². The lowest BCUT2D eigenvalue weighted by atomic mass is 10.0. The van der Waals surface area contributed by atoms with Crippen LogP contribution in [0.2, 0.25) is 0 Å². The predicted octanol–water partition coefficient (Wildman–Crippen LogP) is 3.49. The average Bonchev–Trinajstić information content (AvgIpc) is 2.84. The van der Waals surface area contributed by atoms with Crippen molar-refractivity contribution < 1.29 is 0 Å². The Morgan fingerprint density at radius 1 is 1.14 bits per heavy atom. The summed E-state index contributed by atoms with van der Waals surface area (Å²) in [6.07, 6.45) is 6.12. The van der Waals surface area contributed by atoms with Crippen LogP contribution in [0.25, 0.3) is 0 Å². The summed E-state index contributed by atoms with van der Waals surface area (Å²) in [6.45, 7) is 7.46. The van der Waals surface area contributed by atoms with Crippen molar-refractivity contribution in [3.8, 4) is 0 Å². The van der Waals surface area contributed by atoms with Crippen LogP contribution in [0.1, 0.15) is 51.5 Å². The lowest BCUT2D eigenvalue weighted by molar-refractivity contribution is 0.456. The van der Waals surface area contributed by atoms with Crippen molar-refractivity contribution >= 4 is 11.6 Å². The van der Waals surface area contributed by atoms with E-state index in [1.54, 1.807) is 6.33 Å². The minimum absolute atomic E-state index is 0.429. The highest BCUT2D eigenvalue weighted by atomic mass is 15.1. The van der Waals surface area contributed by atoms with Gasteiger partial charge < -0.3 is 10.6 Å². The molecule has 1 aromatic heterocycles. The zero-order valence-corrected chi connectivity index (χ0v) is 13.3. The Kier molecular flexibility index (Phi) is 3.09. The van der Waals surface area contributed by atoms with Gasteiger partial charge in [0.1, 0.15) is 18.0 Å². The van der Waals surface area contributed by atoms with Gasteiger partial charge in [0.25, 0.3) is 0 Å². The van der Waals surface area contributed by atoms with Crippen LogP contribution in [-0.2, 0) is 0 Å². The predicted molar refractivity (Wildman–Crippen MR) is 85.5 cm³/mol. The van der Waals surface area contributed by atoms with Crippen LogP contribution in [0.4, 0.5) is 11.6 Å². The van der Waals surface area contributed by atoms with E-state index in [4.69, 9.17) is 0 Å². The summed E-state index contributed by atoms with van der Waals surface area (Å²) in [5.41, 5.74) is 1.25. The fraction of sp³-hybridized carbons (Fsp3) is 0.765. The van der Waals surface area contributed by atoms with Crippen LogP contribution >= 0.6 is 0 Å². The fourth-order valence-corrected chi connectivity index (χ4v) is 5.04. The minimum Gasteiger partial charge on any atom is -0.370 e. The number of hydrogen-bond donors (Lipinski definition) is 2. The van der Waals surface area contributed by atoms with Gasteiger partial charge in [-0.25, -0.2) is 9.97 Å². The van der Waals surface area contributed by atoms with Crippen LogP contribution in [0.5, 0.6) is 0 Å². The third kappa shape index (κ3) is 2.02. The smallest absolute Gasteiger partial charge is 0.135 e. The number of rotatable bonds is 5. The van der Waals surface area contributed by atoms with Crippen molar-refractivity contribution in [3.05, 3.63) is 11.9 Å². The van der Waals surface area contributed by atoms with Crippen LogP contribution in [-0.4, -0.2) is 22.6 Å². The molecule has 0 aliphatic heterocycles. The second kappa shape index (κ2) is 4.85. The van der Waals surface area contributed by atoms with Crippen molar-refractivity contribution in [2.24, 2.45) is 23.7 Å². The van der Waals surface area contributed by atoms with E-state index < -0.39 is 0 Å². The van der Waals surface area contributed by atoms with E-state index in [0.29, 0.717) is 12.0 Å². The third-order valence-corrected chi connectivity index (χ3v) is 5.84. The van der Waals surface area contributed by atoms with Crippen molar-refractivity contribution in [1.82, 2.24) is 9.97 Å². The maximum atomic E-state index is 4.56. The van der Waals surface area contributed by atoms with Gasteiger partial charge in [-0.2, -0.15) is 0 Å². The normalized spacial score (nSPS) is 35.9. The monoisotopic (exact) mass is 286 g/mol. The summed E-state index contributed by atoms with van der Waals surface area (Å²) in [6, 6.07) is 0.679. The molecule has 21 heavy (non-hydrogen) atoms. The molecule has 114 valence electrons. The molecule has 2 bridgehead atoms. The standard InChI is InChI=1S/C17H26N4/c1-4-18-16-12(9(2)3)17(20-8-19-16)21-15-13-10-5-6-11(7-10)14(13)15/h8-11,13-15H,4-7H2,1-3H3,(H2,18,19,20,21). The molecule has 0 amide bonds. The van der Waals surface area contributed by atoms with Gasteiger partial charge in [0.05, 0.1) is 0 Å². The highest BCUT2D eigenvalue weighted by Gasteiger charge is 2.65. The van der Waals surface area contributed by atoms with Crippen molar-refractivity contribution in [2.45, 2.75) is 52.0 Å². The summed E-state index contributed by atoms with van der Waals surface area (Å²) in [5, 5.41) is 7.16. The lowest BCUT2D eigenvalue weighted by Gasteiger charge is -2.19. The second-order valence-electron chi connectivity index (χ2n) is 7.33. The first kappa shape index (κ1) is 13.4. The molecule has 4 rings (SSSR count). The summed E-state index contributed by atoms with van der Waals surface area (Å²) < 4.78 is 0. The summed E-state index contributed by atoms with van der Waals surface area (Å²) in [5.74, 6) is 6.35. The number of hydrogen-bond acceptors (Lipinski definition) is 4. The molecular weight excluding hydrogens is 260 g/mol. The van der Waals surface area contributed by atoms with Gasteiger partial charge in [0.15, 0.2) is 0 Å². The average molecular weight is 286 g/mol. The number of aromatic nitrogens is 2. The molecule has 3 saturated carbocycles. The Morgan fingerprint density at radius 3 is 2.43 bits per heavy atom. The molecule has 3 fully saturated rings. The van der Waals surface area contributed by atoms with Gasteiger partial charge in [-0.1, -0.05) is 13.8 Å². The number of fused-ring (bicyclic) bond motifs is 5. The zero-order chi connectivity index (χ0) is 14.6. The van der Waals surface area contributed by atoms with Gasteiger partial charge in [0.2, 0.25) is 0 Å². The Labute approximate surface area is 127 Å². The van der Waals surface area contributed by atoms with Gasteiger partial charge in [-0.05, 0) is 55.8 Å². The molecule has 2 N–H and O–H groups in total. The third-order valence-electron chi connectivity index (χ3n) is 5.84. The van der Waals surface area contributed by atoms with E-state index in [2.05, 4.69) is 41.4 Å². The Morgan fingerprint density at radius 2 is 1.81 bits per heavy atom. The maximum absolute atomic E-state index is 4.56. The molecular formula is C17H26N4. The highest BCUT2D eigenvalue weighted by molar-refractivity contribution is 5.60. The Balaban J connectivity index is 1.57. The molecule has 0 saturated heterocycles. The van der Waals surface area contributed by atoms with Crippen LogP contribution in [0.3, 0.4) is 0 Å². The summed E-state index contributed by atoms with van der Waals surface area (Å²) in [7, 11) is 0. The highest BCUT2D eigenvalue weighted by Crippen LogP contribution is 2.66. The molecule has 0 spiro atoms. The first-order chi connectivity index (χ1) is 10.2. The molecule has 0 aromatic carbocycles. The van der Waals surface area contributed by atoms with Crippen LogP contribution in [0, 0.1) is 23.7 Å². The van der Waals surface area contributed by atoms with E-state index in [0.717, 1.165) is 41.9 Å². The van der Waals surface area contributed by atoms with Crippen molar-refractivity contribution in [3.63, 3.8) is 0 Å². The Bertz CT molecular complexity index is 526. The maximum Gasteiger partial charge on any atom is 0.135 e. The van der Waals surface area contributed by atoms with Gasteiger partial charge >= 0.3 is 0 Å². The largest absolute Gasteiger partial charge is 0.370 e. The van der Waals surface area contributed by atoms with E-state index in [9.17, 15) is 0 Å². The minimum atomic E-state index is 0.429.